The number of carbonyl (C=O) groups is 4. The first-order valence-corrected chi connectivity index (χ1v) is 14.8. The summed E-state index contributed by atoms with van der Waals surface area (Å²) in [6.07, 6.45) is 3.11. The van der Waals surface area contributed by atoms with Gasteiger partial charge < -0.3 is 37.5 Å². The molecule has 0 saturated heterocycles. The summed E-state index contributed by atoms with van der Waals surface area (Å²) in [5, 5.41) is 10.8. The molecule has 0 aliphatic rings. The number of nitrogens with two attached hydrogens (primary N) is 2. The highest BCUT2D eigenvalue weighted by Crippen LogP contribution is 2.12. The van der Waals surface area contributed by atoms with E-state index in [1.54, 1.807) is 121 Å². The molecule has 4 aromatic rings. The highest BCUT2D eigenvalue weighted by molar-refractivity contribution is 6.06. The zero-order chi connectivity index (χ0) is 33.4. The summed E-state index contributed by atoms with van der Waals surface area (Å²) in [5.74, 6) is -1.87. The van der Waals surface area contributed by atoms with Gasteiger partial charge in [-0.15, -0.1) is 0 Å². The monoisotopic (exact) mass is 632 g/mol. The Hall–Kier alpha value is -6.20. The third-order valence-corrected chi connectivity index (χ3v) is 6.62. The van der Waals surface area contributed by atoms with E-state index in [0.717, 1.165) is 0 Å². The number of rotatable bonds is 14. The molecule has 0 bridgehead atoms. The average molecular weight is 633 g/mol. The summed E-state index contributed by atoms with van der Waals surface area (Å²) in [6, 6.07) is 30.8. The zero-order valence-corrected chi connectivity index (χ0v) is 25.6. The van der Waals surface area contributed by atoms with Crippen LogP contribution in [0.4, 0.5) is 11.4 Å². The molecule has 0 spiro atoms. The topological polar surface area (TPSA) is 178 Å². The van der Waals surface area contributed by atoms with Gasteiger partial charge in [0.15, 0.2) is 0 Å². The summed E-state index contributed by atoms with van der Waals surface area (Å²) in [5.41, 5.74) is 14.9. The minimum Gasteiger partial charge on any atom is -0.399 e. The van der Waals surface area contributed by atoms with Crippen LogP contribution >= 0.6 is 0 Å². The van der Waals surface area contributed by atoms with Gasteiger partial charge >= 0.3 is 0 Å². The average Bonchev–Trinajstić information content (AvgIpc) is 3.09. The largest absolute Gasteiger partial charge is 0.399 e. The van der Waals surface area contributed by atoms with E-state index >= 15 is 0 Å². The Morgan fingerprint density at radius 3 is 1.26 bits per heavy atom. The van der Waals surface area contributed by atoms with Crippen LogP contribution in [0.15, 0.2) is 121 Å². The maximum absolute atomic E-state index is 13.0. The van der Waals surface area contributed by atoms with Crippen molar-refractivity contribution < 1.29 is 23.9 Å². The van der Waals surface area contributed by atoms with E-state index in [1.807, 2.05) is 0 Å². The van der Waals surface area contributed by atoms with E-state index in [4.69, 9.17) is 16.2 Å². The van der Waals surface area contributed by atoms with E-state index in [0.29, 0.717) is 33.6 Å². The van der Waals surface area contributed by atoms with Gasteiger partial charge in [0.2, 0.25) is 0 Å². The van der Waals surface area contributed by atoms with Gasteiger partial charge in [-0.25, -0.2) is 0 Å². The fourth-order valence-electron chi connectivity index (χ4n) is 4.17. The highest BCUT2D eigenvalue weighted by atomic mass is 16.5. The molecule has 0 aliphatic heterocycles. The standard InChI is InChI=1S/C36H36N6O5/c37-29-15-11-25(12-16-29)23-31(41-33(43)27-7-3-1-4-8-27)35(45)39-19-21-47-22-20-40-36(46)32(24-26-13-17-30(38)18-14-26)42-34(44)28-9-5-2-6-10-28/h1-18,23-24H,19-22,37-38H2,(H,39,45)(H,40,46)(H,41,43)(H,42,44)/b31-23-,32-24-. The molecule has 11 nitrogen and oxygen atoms in total. The molecule has 4 amide bonds. The lowest BCUT2D eigenvalue weighted by Gasteiger charge is -2.13. The number of hydrogen-bond donors (Lipinski definition) is 6. The fraction of sp³-hybridized carbons (Fsp3) is 0.111. The molecule has 4 aromatic carbocycles. The fourth-order valence-corrected chi connectivity index (χ4v) is 4.17. The number of benzene rings is 4. The molecule has 240 valence electrons. The Labute approximate surface area is 272 Å². The Morgan fingerprint density at radius 2 is 0.894 bits per heavy atom. The van der Waals surface area contributed by atoms with Crippen molar-refractivity contribution in [3.05, 3.63) is 143 Å². The van der Waals surface area contributed by atoms with Crippen molar-refractivity contribution in [1.29, 1.82) is 0 Å². The second-order valence-electron chi connectivity index (χ2n) is 10.2. The van der Waals surface area contributed by atoms with E-state index < -0.39 is 23.6 Å². The van der Waals surface area contributed by atoms with Gasteiger partial charge in [-0.05, 0) is 71.8 Å². The number of ether oxygens (including phenoxy) is 1. The third-order valence-electron chi connectivity index (χ3n) is 6.62. The number of carbonyl (C=O) groups excluding carboxylic acids is 4. The summed E-state index contributed by atoms with van der Waals surface area (Å²) in [6.45, 7) is 0.565. The molecule has 8 N–H and O–H groups in total. The summed E-state index contributed by atoms with van der Waals surface area (Å²) >= 11 is 0. The molecule has 0 unspecified atom stereocenters. The predicted octanol–water partition coefficient (Wildman–Crippen LogP) is 3.34. The smallest absolute Gasteiger partial charge is 0.267 e. The molecule has 0 fully saturated rings. The maximum Gasteiger partial charge on any atom is 0.267 e. The van der Waals surface area contributed by atoms with Crippen molar-refractivity contribution in [2.75, 3.05) is 37.8 Å². The van der Waals surface area contributed by atoms with Crippen LogP contribution in [0.25, 0.3) is 12.2 Å². The molecule has 0 heterocycles. The number of amides is 4. The van der Waals surface area contributed by atoms with Gasteiger partial charge in [-0.1, -0.05) is 60.7 Å². The van der Waals surface area contributed by atoms with Crippen LogP contribution in [0.5, 0.6) is 0 Å². The van der Waals surface area contributed by atoms with Crippen molar-refractivity contribution in [2.45, 2.75) is 0 Å². The third kappa shape index (κ3) is 11.0. The van der Waals surface area contributed by atoms with Crippen molar-refractivity contribution >= 4 is 47.2 Å². The molecule has 0 atom stereocenters. The number of nitrogen functional groups attached to an aromatic ring is 2. The summed E-state index contributed by atoms with van der Waals surface area (Å²) in [7, 11) is 0. The molecular weight excluding hydrogens is 596 g/mol. The normalized spacial score (nSPS) is 11.3. The SMILES string of the molecule is Nc1ccc(/C=C(\NC(=O)c2ccccc2)C(=O)NCCOCCNC(=O)/C(=C/c2ccc(N)cc2)NC(=O)c2ccccc2)cc1. The van der Waals surface area contributed by atoms with Gasteiger partial charge in [0.1, 0.15) is 11.4 Å². The lowest BCUT2D eigenvalue weighted by molar-refractivity contribution is -0.118. The molecule has 11 heteroatoms. The quantitative estimate of drug-likeness (QED) is 0.0701. The molecular formula is C36H36N6O5. The summed E-state index contributed by atoms with van der Waals surface area (Å²) < 4.78 is 5.59. The molecule has 4 rings (SSSR count). The molecule has 0 radical (unpaired) electrons. The van der Waals surface area contributed by atoms with Crippen LogP contribution in [0, 0.1) is 0 Å². The molecule has 0 aromatic heterocycles. The maximum atomic E-state index is 13.0. The van der Waals surface area contributed by atoms with Gasteiger partial charge in [-0.2, -0.15) is 0 Å². The summed E-state index contributed by atoms with van der Waals surface area (Å²) in [4.78, 5) is 51.5. The van der Waals surface area contributed by atoms with Gasteiger partial charge in [0.05, 0.1) is 13.2 Å². The zero-order valence-electron chi connectivity index (χ0n) is 25.6. The van der Waals surface area contributed by atoms with E-state index in [-0.39, 0.29) is 37.7 Å². The van der Waals surface area contributed by atoms with E-state index in [2.05, 4.69) is 21.3 Å². The van der Waals surface area contributed by atoms with Crippen molar-refractivity contribution in [3.8, 4) is 0 Å². The van der Waals surface area contributed by atoms with Gasteiger partial charge in [0.25, 0.3) is 23.6 Å². The Morgan fingerprint density at radius 1 is 0.532 bits per heavy atom. The van der Waals surface area contributed by atoms with Gasteiger partial charge in [-0.3, -0.25) is 19.2 Å². The Bertz CT molecular complexity index is 1590. The number of anilines is 2. The highest BCUT2D eigenvalue weighted by Gasteiger charge is 2.16. The first kappa shape index (κ1) is 33.7. The molecule has 0 saturated carbocycles. The van der Waals surface area contributed by atoms with Crippen LogP contribution < -0.4 is 32.7 Å². The molecule has 0 aliphatic carbocycles. The predicted molar refractivity (Wildman–Crippen MR) is 182 cm³/mol. The van der Waals surface area contributed by atoms with Crippen LogP contribution in [0.3, 0.4) is 0 Å². The first-order valence-electron chi connectivity index (χ1n) is 14.8. The Balaban J connectivity index is 1.28. The first-order chi connectivity index (χ1) is 22.8. The second-order valence-corrected chi connectivity index (χ2v) is 10.2. The minimum absolute atomic E-state index is 0.0499. The van der Waals surface area contributed by atoms with Crippen molar-refractivity contribution in [2.24, 2.45) is 0 Å². The van der Waals surface area contributed by atoms with Gasteiger partial charge in [0, 0.05) is 35.6 Å². The van der Waals surface area contributed by atoms with Crippen LogP contribution in [0.1, 0.15) is 31.8 Å². The van der Waals surface area contributed by atoms with Crippen molar-refractivity contribution in [3.63, 3.8) is 0 Å². The molecule has 47 heavy (non-hydrogen) atoms. The van der Waals surface area contributed by atoms with Crippen LogP contribution in [-0.4, -0.2) is 49.9 Å². The van der Waals surface area contributed by atoms with Crippen LogP contribution in [-0.2, 0) is 14.3 Å². The van der Waals surface area contributed by atoms with E-state index in [1.165, 1.54) is 0 Å². The minimum atomic E-state index is -0.505. The number of hydrogen-bond acceptors (Lipinski definition) is 7. The van der Waals surface area contributed by atoms with Crippen molar-refractivity contribution in [1.82, 2.24) is 21.3 Å². The second kappa shape index (κ2) is 17.3. The number of nitrogens with one attached hydrogen (secondary N) is 4. The Kier molecular flexibility index (Phi) is 12.4. The van der Waals surface area contributed by atoms with Crippen LogP contribution in [0.2, 0.25) is 0 Å². The lowest BCUT2D eigenvalue weighted by atomic mass is 10.1. The van der Waals surface area contributed by atoms with E-state index in [9.17, 15) is 19.2 Å². The lowest BCUT2D eigenvalue weighted by Crippen LogP contribution is -2.37.